The Morgan fingerprint density at radius 3 is 2.65 bits per heavy atom. The normalized spacial score (nSPS) is 14.8. The number of ether oxygens (including phenoxy) is 1. The van der Waals surface area contributed by atoms with Gasteiger partial charge in [0, 0.05) is 42.9 Å². The summed E-state index contributed by atoms with van der Waals surface area (Å²) in [5, 5.41) is 2.79. The van der Waals surface area contributed by atoms with Crippen LogP contribution in [0.2, 0.25) is 0 Å². The average Bonchev–Trinajstić information content (AvgIpc) is 2.67. The molecule has 1 amide bonds. The number of carbonyl (C=O) groups excluding carboxylic acids is 1. The molecule has 1 N–H and O–H groups in total. The van der Waals surface area contributed by atoms with Gasteiger partial charge in [-0.1, -0.05) is 18.2 Å². The standard InChI is InChI=1S/C20H23FN2O2S/c21-17-2-1-3-19(14-17)25-15-20(24)22-18-6-4-16(5-7-18)8-9-23-10-12-26-13-11-23/h1-7,14H,8-13,15H2,(H,22,24). The molecule has 3 rings (SSSR count). The van der Waals surface area contributed by atoms with Gasteiger partial charge in [0.25, 0.3) is 5.91 Å². The molecule has 6 heteroatoms. The lowest BCUT2D eigenvalue weighted by molar-refractivity contribution is -0.118. The van der Waals surface area contributed by atoms with Gasteiger partial charge in [-0.05, 0) is 36.2 Å². The Bertz CT molecular complexity index is 718. The van der Waals surface area contributed by atoms with Crippen molar-refractivity contribution in [3.8, 4) is 5.75 Å². The van der Waals surface area contributed by atoms with Crippen LogP contribution < -0.4 is 10.1 Å². The molecule has 0 aromatic heterocycles. The highest BCUT2D eigenvalue weighted by Gasteiger charge is 2.10. The maximum Gasteiger partial charge on any atom is 0.262 e. The Morgan fingerprint density at radius 1 is 1.15 bits per heavy atom. The van der Waals surface area contributed by atoms with Crippen LogP contribution in [0.4, 0.5) is 10.1 Å². The number of benzene rings is 2. The van der Waals surface area contributed by atoms with Crippen molar-refractivity contribution < 1.29 is 13.9 Å². The molecular weight excluding hydrogens is 351 g/mol. The highest BCUT2D eigenvalue weighted by molar-refractivity contribution is 7.99. The van der Waals surface area contributed by atoms with E-state index in [2.05, 4.69) is 10.2 Å². The van der Waals surface area contributed by atoms with Crippen molar-refractivity contribution in [1.82, 2.24) is 4.90 Å². The third kappa shape index (κ3) is 6.04. The first kappa shape index (κ1) is 18.7. The minimum Gasteiger partial charge on any atom is -0.484 e. The summed E-state index contributed by atoms with van der Waals surface area (Å²) in [4.78, 5) is 14.4. The van der Waals surface area contributed by atoms with Crippen molar-refractivity contribution in [2.75, 3.05) is 43.1 Å². The maximum atomic E-state index is 13.1. The molecule has 0 bridgehead atoms. The van der Waals surface area contributed by atoms with Gasteiger partial charge >= 0.3 is 0 Å². The van der Waals surface area contributed by atoms with Crippen molar-refractivity contribution in [3.63, 3.8) is 0 Å². The van der Waals surface area contributed by atoms with Gasteiger partial charge < -0.3 is 15.0 Å². The van der Waals surface area contributed by atoms with Gasteiger partial charge in [0.2, 0.25) is 0 Å². The van der Waals surface area contributed by atoms with E-state index in [0.717, 1.165) is 18.7 Å². The summed E-state index contributed by atoms with van der Waals surface area (Å²) in [5.74, 6) is 2.13. The predicted molar refractivity (Wildman–Crippen MR) is 104 cm³/mol. The molecular formula is C20H23FN2O2S. The molecule has 2 aromatic carbocycles. The molecule has 1 saturated heterocycles. The molecule has 4 nitrogen and oxygen atoms in total. The molecule has 1 aliphatic heterocycles. The molecule has 138 valence electrons. The molecule has 1 fully saturated rings. The first-order valence-electron chi connectivity index (χ1n) is 8.76. The molecule has 1 aliphatic rings. The fraction of sp³-hybridized carbons (Fsp3) is 0.350. The average molecular weight is 374 g/mol. The van der Waals surface area contributed by atoms with E-state index >= 15 is 0 Å². The number of amides is 1. The van der Waals surface area contributed by atoms with Crippen LogP contribution >= 0.6 is 11.8 Å². The van der Waals surface area contributed by atoms with E-state index in [1.807, 2.05) is 36.0 Å². The Labute approximate surface area is 157 Å². The molecule has 0 unspecified atom stereocenters. The largest absolute Gasteiger partial charge is 0.484 e. The van der Waals surface area contributed by atoms with Crippen LogP contribution in [0.3, 0.4) is 0 Å². The lowest BCUT2D eigenvalue weighted by Crippen LogP contribution is -2.34. The molecule has 2 aromatic rings. The SMILES string of the molecule is O=C(COc1cccc(F)c1)Nc1ccc(CCN2CCSCC2)cc1. The fourth-order valence-corrected chi connectivity index (χ4v) is 3.75. The van der Waals surface area contributed by atoms with E-state index in [-0.39, 0.29) is 18.3 Å². The molecule has 0 saturated carbocycles. The smallest absolute Gasteiger partial charge is 0.262 e. The van der Waals surface area contributed by atoms with Gasteiger partial charge in [0.1, 0.15) is 11.6 Å². The number of nitrogens with zero attached hydrogens (tertiary/aromatic N) is 1. The topological polar surface area (TPSA) is 41.6 Å². The van der Waals surface area contributed by atoms with Gasteiger partial charge in [-0.25, -0.2) is 4.39 Å². The Hall–Kier alpha value is -2.05. The summed E-state index contributed by atoms with van der Waals surface area (Å²) in [6, 6.07) is 13.6. The fourth-order valence-electron chi connectivity index (χ4n) is 2.77. The number of rotatable bonds is 7. The predicted octanol–water partition coefficient (Wildman–Crippen LogP) is 3.43. The van der Waals surface area contributed by atoms with E-state index < -0.39 is 0 Å². The van der Waals surface area contributed by atoms with E-state index in [4.69, 9.17) is 4.74 Å². The van der Waals surface area contributed by atoms with Crippen LogP contribution in [0.5, 0.6) is 5.75 Å². The summed E-state index contributed by atoms with van der Waals surface area (Å²) in [7, 11) is 0. The second-order valence-electron chi connectivity index (χ2n) is 6.20. The molecule has 0 aliphatic carbocycles. The third-order valence-electron chi connectivity index (χ3n) is 4.22. The zero-order chi connectivity index (χ0) is 18.2. The quantitative estimate of drug-likeness (QED) is 0.806. The number of hydrogen-bond acceptors (Lipinski definition) is 4. The van der Waals surface area contributed by atoms with Crippen molar-refractivity contribution in [2.24, 2.45) is 0 Å². The first-order valence-corrected chi connectivity index (χ1v) is 9.92. The molecule has 1 heterocycles. The van der Waals surface area contributed by atoms with E-state index in [1.165, 1.54) is 42.3 Å². The lowest BCUT2D eigenvalue weighted by Gasteiger charge is -2.26. The summed E-state index contributed by atoms with van der Waals surface area (Å²) in [6.45, 7) is 3.26. The van der Waals surface area contributed by atoms with E-state index in [0.29, 0.717) is 5.75 Å². The second kappa shape index (κ2) is 9.59. The monoisotopic (exact) mass is 374 g/mol. The van der Waals surface area contributed by atoms with Crippen LogP contribution in [0.15, 0.2) is 48.5 Å². The minimum atomic E-state index is -0.387. The number of hydrogen-bond donors (Lipinski definition) is 1. The second-order valence-corrected chi connectivity index (χ2v) is 7.42. The number of anilines is 1. The molecule has 0 spiro atoms. The highest BCUT2D eigenvalue weighted by atomic mass is 32.2. The minimum absolute atomic E-state index is 0.155. The Morgan fingerprint density at radius 2 is 1.92 bits per heavy atom. The summed E-state index contributed by atoms with van der Waals surface area (Å²) >= 11 is 2.02. The van der Waals surface area contributed by atoms with Gasteiger partial charge in [-0.3, -0.25) is 4.79 Å². The molecule has 0 radical (unpaired) electrons. The van der Waals surface area contributed by atoms with E-state index in [1.54, 1.807) is 12.1 Å². The first-order chi connectivity index (χ1) is 12.7. The number of halogens is 1. The zero-order valence-electron chi connectivity index (χ0n) is 14.6. The lowest BCUT2D eigenvalue weighted by atomic mass is 10.1. The van der Waals surface area contributed by atoms with Gasteiger partial charge in [0.05, 0.1) is 0 Å². The molecule has 26 heavy (non-hydrogen) atoms. The van der Waals surface area contributed by atoms with Crippen LogP contribution in [-0.4, -0.2) is 48.6 Å². The Balaban J connectivity index is 1.42. The number of thioether (sulfide) groups is 1. The third-order valence-corrected chi connectivity index (χ3v) is 5.17. The maximum absolute atomic E-state index is 13.1. The van der Waals surface area contributed by atoms with Crippen LogP contribution in [0.1, 0.15) is 5.56 Å². The highest BCUT2D eigenvalue weighted by Crippen LogP contribution is 2.14. The van der Waals surface area contributed by atoms with Crippen LogP contribution in [-0.2, 0) is 11.2 Å². The van der Waals surface area contributed by atoms with Crippen molar-refractivity contribution in [2.45, 2.75) is 6.42 Å². The summed E-state index contributed by atoms with van der Waals surface area (Å²) < 4.78 is 18.4. The van der Waals surface area contributed by atoms with E-state index in [9.17, 15) is 9.18 Å². The number of carbonyl (C=O) groups is 1. The summed E-state index contributed by atoms with van der Waals surface area (Å²) in [5.41, 5.74) is 1.99. The van der Waals surface area contributed by atoms with Gasteiger partial charge in [-0.2, -0.15) is 11.8 Å². The Kier molecular flexibility index (Phi) is 6.91. The van der Waals surface area contributed by atoms with Crippen molar-refractivity contribution in [1.29, 1.82) is 0 Å². The zero-order valence-corrected chi connectivity index (χ0v) is 15.4. The summed E-state index contributed by atoms with van der Waals surface area (Å²) in [6.07, 6.45) is 1.02. The number of nitrogens with one attached hydrogen (secondary N) is 1. The van der Waals surface area contributed by atoms with Crippen molar-refractivity contribution >= 4 is 23.4 Å². The van der Waals surface area contributed by atoms with Gasteiger partial charge in [0.15, 0.2) is 6.61 Å². The van der Waals surface area contributed by atoms with Crippen LogP contribution in [0, 0.1) is 5.82 Å². The van der Waals surface area contributed by atoms with Crippen LogP contribution in [0.25, 0.3) is 0 Å². The van der Waals surface area contributed by atoms with Crippen molar-refractivity contribution in [3.05, 3.63) is 59.9 Å². The molecule has 0 atom stereocenters. The van der Waals surface area contributed by atoms with Gasteiger partial charge in [-0.15, -0.1) is 0 Å².